The molecule has 0 radical (unpaired) electrons. The molecule has 0 saturated carbocycles. The number of sulfonamides is 1. The minimum absolute atomic E-state index is 0.121. The van der Waals surface area contributed by atoms with Crippen LogP contribution in [-0.4, -0.2) is 15.5 Å². The van der Waals surface area contributed by atoms with Gasteiger partial charge in [0.25, 0.3) is 0 Å². The molecular formula is C14H18N2O3S2. The van der Waals surface area contributed by atoms with E-state index in [0.29, 0.717) is 12.3 Å². The third-order valence-corrected chi connectivity index (χ3v) is 5.43. The van der Waals surface area contributed by atoms with Gasteiger partial charge in [-0.2, -0.15) is 0 Å². The van der Waals surface area contributed by atoms with Gasteiger partial charge in [0.05, 0.1) is 7.11 Å². The fourth-order valence-electron chi connectivity index (χ4n) is 1.88. The van der Waals surface area contributed by atoms with Crippen LogP contribution in [0.15, 0.2) is 35.2 Å². The predicted octanol–water partition coefficient (Wildman–Crippen LogP) is 2.00. The number of hydrogen-bond acceptors (Lipinski definition) is 5. The molecule has 0 aliphatic rings. The Bertz CT molecular complexity index is 724. The highest BCUT2D eigenvalue weighted by molar-refractivity contribution is 7.89. The van der Waals surface area contributed by atoms with E-state index < -0.39 is 10.0 Å². The van der Waals surface area contributed by atoms with Crippen molar-refractivity contribution < 1.29 is 13.2 Å². The Morgan fingerprint density at radius 3 is 2.62 bits per heavy atom. The molecule has 7 heteroatoms. The first kappa shape index (κ1) is 16.0. The second kappa shape index (κ2) is 6.57. The number of nitrogens with one attached hydrogen (secondary N) is 1. The van der Waals surface area contributed by atoms with Crippen molar-refractivity contribution in [2.24, 2.45) is 5.73 Å². The summed E-state index contributed by atoms with van der Waals surface area (Å²) in [6.07, 6.45) is 0. The summed E-state index contributed by atoms with van der Waals surface area (Å²) in [5.41, 5.74) is 6.37. The molecule has 0 bridgehead atoms. The van der Waals surface area contributed by atoms with E-state index in [0.717, 1.165) is 15.3 Å². The standard InChI is InChI=1S/C14H18N2O3S2/c1-10-3-5-12(20-10)9-16-21(17,18)14-6-4-11(8-15)7-13(14)19-2/h3-7,16H,8-9,15H2,1-2H3. The van der Waals surface area contributed by atoms with Gasteiger partial charge in [0, 0.05) is 22.8 Å². The predicted molar refractivity (Wildman–Crippen MR) is 84.0 cm³/mol. The molecule has 2 aromatic rings. The Hall–Kier alpha value is -1.41. The third-order valence-electron chi connectivity index (χ3n) is 2.99. The molecule has 0 unspecified atom stereocenters. The second-order valence-electron chi connectivity index (χ2n) is 4.53. The number of aryl methyl sites for hydroxylation is 1. The van der Waals surface area contributed by atoms with Crippen molar-refractivity contribution in [1.29, 1.82) is 0 Å². The van der Waals surface area contributed by atoms with E-state index in [9.17, 15) is 8.42 Å². The molecule has 0 saturated heterocycles. The van der Waals surface area contributed by atoms with E-state index in [1.165, 1.54) is 13.2 Å². The minimum atomic E-state index is -3.63. The molecule has 2 rings (SSSR count). The van der Waals surface area contributed by atoms with Crippen LogP contribution in [0.5, 0.6) is 5.75 Å². The van der Waals surface area contributed by atoms with Gasteiger partial charge in [0.15, 0.2) is 0 Å². The van der Waals surface area contributed by atoms with Gasteiger partial charge in [-0.25, -0.2) is 13.1 Å². The summed E-state index contributed by atoms with van der Waals surface area (Å²) in [6, 6.07) is 8.72. The fourth-order valence-corrected chi connectivity index (χ4v) is 3.96. The molecule has 1 aromatic heterocycles. The Labute approximate surface area is 128 Å². The summed E-state index contributed by atoms with van der Waals surface area (Å²) in [4.78, 5) is 2.23. The zero-order valence-electron chi connectivity index (χ0n) is 11.9. The molecule has 0 atom stereocenters. The van der Waals surface area contributed by atoms with Crippen LogP contribution in [0.4, 0.5) is 0 Å². The normalized spacial score (nSPS) is 11.6. The Kier molecular flexibility index (Phi) is 5.00. The number of ether oxygens (including phenoxy) is 1. The Balaban J connectivity index is 2.22. The maximum atomic E-state index is 12.4. The van der Waals surface area contributed by atoms with Crippen LogP contribution in [0.2, 0.25) is 0 Å². The van der Waals surface area contributed by atoms with Crippen LogP contribution in [0, 0.1) is 6.92 Å². The van der Waals surface area contributed by atoms with Crippen molar-refractivity contribution in [2.75, 3.05) is 7.11 Å². The lowest BCUT2D eigenvalue weighted by Gasteiger charge is -2.11. The molecule has 21 heavy (non-hydrogen) atoms. The first-order chi connectivity index (χ1) is 9.96. The van der Waals surface area contributed by atoms with Crippen LogP contribution in [0.1, 0.15) is 15.3 Å². The highest BCUT2D eigenvalue weighted by Crippen LogP contribution is 2.25. The third kappa shape index (κ3) is 3.82. The molecule has 0 aliphatic heterocycles. The van der Waals surface area contributed by atoms with Crippen molar-refractivity contribution >= 4 is 21.4 Å². The largest absolute Gasteiger partial charge is 0.495 e. The van der Waals surface area contributed by atoms with Crippen LogP contribution >= 0.6 is 11.3 Å². The highest BCUT2D eigenvalue weighted by atomic mass is 32.2. The average molecular weight is 326 g/mol. The van der Waals surface area contributed by atoms with Gasteiger partial charge < -0.3 is 10.5 Å². The van der Waals surface area contributed by atoms with Crippen LogP contribution in [0.25, 0.3) is 0 Å². The maximum absolute atomic E-state index is 12.4. The number of benzene rings is 1. The lowest BCUT2D eigenvalue weighted by atomic mass is 10.2. The van der Waals surface area contributed by atoms with Gasteiger partial charge >= 0.3 is 0 Å². The first-order valence-corrected chi connectivity index (χ1v) is 8.68. The summed E-state index contributed by atoms with van der Waals surface area (Å²) in [5, 5.41) is 0. The van der Waals surface area contributed by atoms with E-state index >= 15 is 0 Å². The number of rotatable bonds is 6. The number of methoxy groups -OCH3 is 1. The molecule has 3 N–H and O–H groups in total. The molecule has 5 nitrogen and oxygen atoms in total. The van der Waals surface area contributed by atoms with Gasteiger partial charge in [-0.05, 0) is 36.8 Å². The van der Waals surface area contributed by atoms with Gasteiger partial charge in [0.1, 0.15) is 10.6 Å². The first-order valence-electron chi connectivity index (χ1n) is 6.38. The SMILES string of the molecule is COc1cc(CN)ccc1S(=O)(=O)NCc1ccc(C)s1. The monoisotopic (exact) mass is 326 g/mol. The summed E-state index contributed by atoms with van der Waals surface area (Å²) in [7, 11) is -2.18. The molecule has 114 valence electrons. The van der Waals surface area contributed by atoms with Crippen LogP contribution in [-0.2, 0) is 23.1 Å². The quantitative estimate of drug-likeness (QED) is 0.851. The topological polar surface area (TPSA) is 81.4 Å². The molecule has 0 aliphatic carbocycles. The van der Waals surface area contributed by atoms with E-state index in [1.807, 2.05) is 19.1 Å². The van der Waals surface area contributed by atoms with Crippen molar-refractivity contribution in [3.8, 4) is 5.75 Å². The summed E-state index contributed by atoms with van der Waals surface area (Å²) in [5.74, 6) is 0.299. The van der Waals surface area contributed by atoms with Crippen molar-refractivity contribution in [2.45, 2.75) is 24.9 Å². The Morgan fingerprint density at radius 1 is 1.29 bits per heavy atom. The van der Waals surface area contributed by atoms with Crippen LogP contribution in [0.3, 0.4) is 0 Å². The van der Waals surface area contributed by atoms with E-state index in [2.05, 4.69) is 4.72 Å². The molecule has 1 heterocycles. The Morgan fingerprint density at radius 2 is 2.05 bits per heavy atom. The molecular weight excluding hydrogens is 308 g/mol. The molecule has 0 spiro atoms. The smallest absolute Gasteiger partial charge is 0.244 e. The lowest BCUT2D eigenvalue weighted by molar-refractivity contribution is 0.401. The van der Waals surface area contributed by atoms with Gasteiger partial charge in [-0.15, -0.1) is 11.3 Å². The minimum Gasteiger partial charge on any atom is -0.495 e. The van der Waals surface area contributed by atoms with Crippen molar-refractivity contribution in [3.63, 3.8) is 0 Å². The summed E-state index contributed by atoms with van der Waals surface area (Å²) >= 11 is 1.56. The average Bonchev–Trinajstić information content (AvgIpc) is 2.90. The van der Waals surface area contributed by atoms with Crippen molar-refractivity contribution in [3.05, 3.63) is 45.6 Å². The lowest BCUT2D eigenvalue weighted by Crippen LogP contribution is -2.23. The van der Waals surface area contributed by atoms with Gasteiger partial charge in [-0.3, -0.25) is 0 Å². The van der Waals surface area contributed by atoms with E-state index in [4.69, 9.17) is 10.5 Å². The van der Waals surface area contributed by atoms with Crippen LogP contribution < -0.4 is 15.2 Å². The summed E-state index contributed by atoms with van der Waals surface area (Å²) in [6.45, 7) is 2.58. The maximum Gasteiger partial charge on any atom is 0.244 e. The zero-order valence-corrected chi connectivity index (χ0v) is 13.6. The summed E-state index contributed by atoms with van der Waals surface area (Å²) < 4.78 is 32.5. The molecule has 0 amide bonds. The fraction of sp³-hybridized carbons (Fsp3) is 0.286. The van der Waals surface area contributed by atoms with E-state index in [-0.39, 0.29) is 11.4 Å². The van der Waals surface area contributed by atoms with Gasteiger partial charge in [-0.1, -0.05) is 6.07 Å². The van der Waals surface area contributed by atoms with Crippen molar-refractivity contribution in [1.82, 2.24) is 4.72 Å². The van der Waals surface area contributed by atoms with Gasteiger partial charge in [0.2, 0.25) is 10.0 Å². The number of thiophene rings is 1. The number of hydrogen-bond donors (Lipinski definition) is 2. The van der Waals surface area contributed by atoms with E-state index in [1.54, 1.807) is 23.5 Å². The highest BCUT2D eigenvalue weighted by Gasteiger charge is 2.19. The molecule has 1 aromatic carbocycles. The molecule has 0 fully saturated rings. The second-order valence-corrected chi connectivity index (χ2v) is 7.63. The zero-order chi connectivity index (χ0) is 15.5. The number of nitrogens with two attached hydrogens (primary N) is 1.